The zero-order valence-corrected chi connectivity index (χ0v) is 9.51. The van der Waals surface area contributed by atoms with Crippen LogP contribution in [0.3, 0.4) is 0 Å². The Balaban J connectivity index is 3.19. The molecule has 0 saturated carbocycles. The molecule has 1 heterocycles. The largest absolute Gasteiger partial charge is 0.293 e. The molecule has 0 aliphatic carbocycles. The van der Waals surface area contributed by atoms with E-state index in [1.165, 1.54) is 6.92 Å². The van der Waals surface area contributed by atoms with E-state index < -0.39 is 0 Å². The van der Waals surface area contributed by atoms with Gasteiger partial charge in [-0.05, 0) is 34.7 Å². The molecule has 0 N–H and O–H groups in total. The van der Waals surface area contributed by atoms with Gasteiger partial charge in [-0.2, -0.15) is 0 Å². The number of ketones is 1. The Morgan fingerprint density at radius 2 is 2.27 bits per heavy atom. The molecule has 0 radical (unpaired) electrons. The number of carbonyl (C=O) groups is 1. The molecule has 1 aromatic rings. The van der Waals surface area contributed by atoms with Crippen molar-refractivity contribution in [1.82, 2.24) is 4.98 Å². The van der Waals surface area contributed by atoms with Crippen molar-refractivity contribution < 1.29 is 4.79 Å². The highest BCUT2D eigenvalue weighted by Gasteiger charge is 2.02. The number of halogens is 2. The molecule has 1 rings (SSSR count). The summed E-state index contributed by atoms with van der Waals surface area (Å²) < 4.78 is 1.71. The normalized spacial score (nSPS) is 9.73. The fourth-order valence-electron chi connectivity index (χ4n) is 0.646. The molecule has 0 amide bonds. The second kappa shape index (κ2) is 3.62. The molecule has 0 saturated heterocycles. The Bertz CT molecular complexity index is 280. The second-order valence-electron chi connectivity index (χ2n) is 2.05. The van der Waals surface area contributed by atoms with E-state index >= 15 is 0 Å². The van der Waals surface area contributed by atoms with E-state index in [9.17, 15) is 4.79 Å². The van der Waals surface area contributed by atoms with Gasteiger partial charge in [0.25, 0.3) is 0 Å². The number of nitrogens with zero attached hydrogens (tertiary/aromatic N) is 1. The van der Waals surface area contributed by atoms with E-state index in [1.54, 1.807) is 6.07 Å². The minimum Gasteiger partial charge on any atom is -0.293 e. The van der Waals surface area contributed by atoms with Crippen molar-refractivity contribution in [1.29, 1.82) is 0 Å². The number of hydrogen-bond acceptors (Lipinski definition) is 2. The molecule has 0 atom stereocenters. The van der Waals surface area contributed by atoms with Gasteiger partial charge in [0.05, 0.1) is 0 Å². The summed E-state index contributed by atoms with van der Waals surface area (Å²) in [6.45, 7) is 1.50. The molecule has 11 heavy (non-hydrogen) atoms. The van der Waals surface area contributed by atoms with Crippen molar-refractivity contribution in [3.05, 3.63) is 26.0 Å². The third kappa shape index (κ3) is 2.52. The van der Waals surface area contributed by atoms with E-state index in [2.05, 4.69) is 43.5 Å². The molecular weight excluding hydrogens is 321 g/mol. The first-order valence-electron chi connectivity index (χ1n) is 2.93. The van der Waals surface area contributed by atoms with E-state index in [-0.39, 0.29) is 5.78 Å². The molecule has 0 bridgehead atoms. The quantitative estimate of drug-likeness (QED) is 0.451. The maximum absolute atomic E-state index is 10.9. The maximum atomic E-state index is 10.9. The van der Waals surface area contributed by atoms with Gasteiger partial charge in [-0.1, -0.05) is 15.9 Å². The zero-order chi connectivity index (χ0) is 8.43. The summed E-state index contributed by atoms with van der Waals surface area (Å²) in [5.74, 6) is -0.00999. The Hall–Kier alpha value is 0.0300. The first-order chi connectivity index (χ1) is 5.09. The first-order valence-corrected chi connectivity index (χ1v) is 4.81. The highest BCUT2D eigenvalue weighted by molar-refractivity contribution is 14.1. The highest BCUT2D eigenvalue weighted by Crippen LogP contribution is 2.14. The minimum atomic E-state index is -0.00999. The third-order valence-corrected chi connectivity index (χ3v) is 2.13. The van der Waals surface area contributed by atoms with E-state index in [4.69, 9.17) is 0 Å². The fourth-order valence-corrected chi connectivity index (χ4v) is 2.10. The predicted octanol–water partition coefficient (Wildman–Crippen LogP) is 2.65. The molecule has 0 unspecified atom stereocenters. The monoisotopic (exact) mass is 325 g/mol. The van der Waals surface area contributed by atoms with Crippen LogP contribution in [0, 0.1) is 3.70 Å². The topological polar surface area (TPSA) is 30.0 Å². The average molecular weight is 326 g/mol. The van der Waals surface area contributed by atoms with E-state index in [1.807, 2.05) is 6.07 Å². The van der Waals surface area contributed by atoms with Gasteiger partial charge in [0.15, 0.2) is 5.78 Å². The number of hydrogen-bond donors (Lipinski definition) is 0. The van der Waals surface area contributed by atoms with Crippen LogP contribution >= 0.6 is 38.5 Å². The van der Waals surface area contributed by atoms with Crippen molar-refractivity contribution >= 4 is 44.3 Å². The van der Waals surface area contributed by atoms with Gasteiger partial charge in [-0.15, -0.1) is 0 Å². The number of pyridine rings is 1. The molecular formula is C7H5BrINO. The summed E-state index contributed by atoms with van der Waals surface area (Å²) in [7, 11) is 0. The lowest BCUT2D eigenvalue weighted by Gasteiger charge is -1.96. The number of rotatable bonds is 1. The Morgan fingerprint density at radius 3 is 2.73 bits per heavy atom. The van der Waals surface area contributed by atoms with Gasteiger partial charge in [0.2, 0.25) is 0 Å². The number of Topliss-reactive ketones (excluding diaryl/α,β-unsaturated/α-hetero) is 1. The van der Waals surface area contributed by atoms with Gasteiger partial charge in [0, 0.05) is 11.4 Å². The molecule has 0 aliphatic rings. The van der Waals surface area contributed by atoms with E-state index in [0.29, 0.717) is 5.69 Å². The summed E-state index contributed by atoms with van der Waals surface area (Å²) in [6.07, 6.45) is 0. The molecule has 0 aliphatic heterocycles. The molecule has 1 aromatic heterocycles. The maximum Gasteiger partial charge on any atom is 0.178 e. The summed E-state index contributed by atoms with van der Waals surface area (Å²) in [4.78, 5) is 14.9. The van der Waals surface area contributed by atoms with Crippen molar-refractivity contribution in [2.45, 2.75) is 6.92 Å². The molecule has 58 valence electrons. The van der Waals surface area contributed by atoms with Crippen molar-refractivity contribution in [3.8, 4) is 0 Å². The predicted molar refractivity (Wildman–Crippen MR) is 54.7 cm³/mol. The van der Waals surface area contributed by atoms with Crippen LogP contribution in [0.5, 0.6) is 0 Å². The highest BCUT2D eigenvalue weighted by atomic mass is 127. The van der Waals surface area contributed by atoms with Crippen LogP contribution in [0.1, 0.15) is 17.4 Å². The third-order valence-electron chi connectivity index (χ3n) is 1.12. The molecule has 2 nitrogen and oxygen atoms in total. The summed E-state index contributed by atoms with van der Waals surface area (Å²) >= 11 is 5.36. The van der Waals surface area contributed by atoms with Crippen LogP contribution in [0.4, 0.5) is 0 Å². The van der Waals surface area contributed by atoms with Crippen LogP contribution in [0.25, 0.3) is 0 Å². The van der Waals surface area contributed by atoms with Gasteiger partial charge in [0.1, 0.15) is 9.39 Å². The number of aromatic nitrogens is 1. The Morgan fingerprint density at radius 1 is 1.64 bits per heavy atom. The van der Waals surface area contributed by atoms with Gasteiger partial charge >= 0.3 is 0 Å². The van der Waals surface area contributed by atoms with Gasteiger partial charge in [-0.25, -0.2) is 4.98 Å². The second-order valence-corrected chi connectivity index (χ2v) is 4.07. The molecule has 0 aromatic carbocycles. The Labute approximate surface area is 86.7 Å². The average Bonchev–Trinajstić information content (AvgIpc) is 1.85. The van der Waals surface area contributed by atoms with Crippen LogP contribution in [-0.2, 0) is 0 Å². The van der Waals surface area contributed by atoms with Crippen LogP contribution in [0.15, 0.2) is 16.6 Å². The van der Waals surface area contributed by atoms with Gasteiger partial charge < -0.3 is 0 Å². The lowest BCUT2D eigenvalue weighted by atomic mass is 10.3. The first kappa shape index (κ1) is 9.12. The smallest absolute Gasteiger partial charge is 0.178 e. The van der Waals surface area contributed by atoms with E-state index in [0.717, 1.165) is 8.17 Å². The fraction of sp³-hybridized carbons (Fsp3) is 0.143. The standard InChI is InChI=1S/C7H5BrINO/c1-4(11)6-2-5(8)3-7(9)10-6/h2-3H,1H3. The lowest BCUT2D eigenvalue weighted by molar-refractivity contribution is 0.101. The van der Waals surface area contributed by atoms with Crippen molar-refractivity contribution in [3.63, 3.8) is 0 Å². The molecule has 0 spiro atoms. The van der Waals surface area contributed by atoms with Crippen LogP contribution in [-0.4, -0.2) is 10.8 Å². The van der Waals surface area contributed by atoms with Crippen LogP contribution in [0.2, 0.25) is 0 Å². The summed E-state index contributed by atoms with van der Waals surface area (Å²) in [6, 6.07) is 3.57. The van der Waals surface area contributed by atoms with Crippen molar-refractivity contribution in [2.24, 2.45) is 0 Å². The SMILES string of the molecule is CC(=O)c1cc(Br)cc(I)n1. The minimum absolute atomic E-state index is 0.00999. The summed E-state index contributed by atoms with van der Waals surface area (Å²) in [5, 5.41) is 0. The Kier molecular flexibility index (Phi) is 3.00. The van der Waals surface area contributed by atoms with Gasteiger partial charge in [-0.3, -0.25) is 4.79 Å². The molecule has 4 heteroatoms. The number of carbonyl (C=O) groups excluding carboxylic acids is 1. The van der Waals surface area contributed by atoms with Crippen molar-refractivity contribution in [2.75, 3.05) is 0 Å². The van der Waals surface area contributed by atoms with Crippen LogP contribution < -0.4 is 0 Å². The lowest BCUT2D eigenvalue weighted by Crippen LogP contribution is -1.97. The molecule has 0 fully saturated rings. The summed E-state index contributed by atoms with van der Waals surface area (Å²) in [5.41, 5.74) is 0.503. The zero-order valence-electron chi connectivity index (χ0n) is 5.77.